The van der Waals surface area contributed by atoms with Gasteiger partial charge in [-0.3, -0.25) is 0 Å². The van der Waals surface area contributed by atoms with Gasteiger partial charge in [0.25, 0.3) is 0 Å². The number of hydrogen-bond acceptors (Lipinski definition) is 7. The second-order valence-electron chi connectivity index (χ2n) is 3.65. The fourth-order valence-electron chi connectivity index (χ4n) is 1.58. The third-order valence-electron chi connectivity index (χ3n) is 2.33. The van der Waals surface area contributed by atoms with E-state index in [2.05, 4.69) is 25.9 Å². The normalized spacial score (nSPS) is 22.0. The minimum Gasteiger partial charge on any atom is -0.361 e. The molecule has 88 valence electrons. The van der Waals surface area contributed by atoms with Crippen molar-refractivity contribution in [1.29, 1.82) is 0 Å². The highest BCUT2D eigenvalue weighted by Gasteiger charge is 2.21. The molecule has 0 saturated heterocycles. The van der Waals surface area contributed by atoms with Crippen LogP contribution < -0.4 is 5.32 Å². The molecular weight excluding hydrogens is 244 g/mol. The predicted molar refractivity (Wildman–Crippen MR) is 58.9 cm³/mol. The average molecular weight is 252 g/mol. The Kier molecular flexibility index (Phi) is 2.08. The Hall–Kier alpha value is -2.03. The number of hydrogen-bond donors (Lipinski definition) is 1. The van der Waals surface area contributed by atoms with Gasteiger partial charge >= 0.3 is 0 Å². The zero-order valence-electron chi connectivity index (χ0n) is 8.55. The second kappa shape index (κ2) is 3.48. The van der Waals surface area contributed by atoms with Gasteiger partial charge in [0.2, 0.25) is 0 Å². The van der Waals surface area contributed by atoms with E-state index in [4.69, 9.17) is 0 Å². The lowest BCUT2D eigenvalue weighted by molar-refractivity contribution is 0.605. The minimum atomic E-state index is -3.07. The molecule has 1 aliphatic heterocycles. The molecule has 0 spiro atoms. The smallest absolute Gasteiger partial charge is 0.200 e. The Bertz CT molecular complexity index is 691. The Morgan fingerprint density at radius 3 is 3.06 bits per heavy atom. The first-order valence-electron chi connectivity index (χ1n) is 4.85. The number of tetrazole rings is 1. The molecule has 1 N–H and O–H groups in total. The summed E-state index contributed by atoms with van der Waals surface area (Å²) in [6.45, 7) is 0. The Labute approximate surface area is 96.2 Å². The lowest BCUT2D eigenvalue weighted by Gasteiger charge is -2.09. The molecule has 0 bridgehead atoms. The van der Waals surface area contributed by atoms with Crippen LogP contribution in [0, 0.1) is 0 Å². The summed E-state index contributed by atoms with van der Waals surface area (Å²) in [5.41, 5.74) is 0.533. The van der Waals surface area contributed by atoms with E-state index >= 15 is 0 Å². The standard InChI is InChI=1S/C8H8N6O2S/c15-17(16)4-3-6(5-17)9-7-1-2-8-10-12-13-14(8)11-7/h1-4,6H,5H2,(H,9,11). The lowest BCUT2D eigenvalue weighted by atomic mass is 10.3. The molecule has 17 heavy (non-hydrogen) atoms. The van der Waals surface area contributed by atoms with Crippen molar-refractivity contribution in [3.05, 3.63) is 23.6 Å². The van der Waals surface area contributed by atoms with Crippen LogP contribution in [0.2, 0.25) is 0 Å². The first-order chi connectivity index (χ1) is 8.12. The third-order valence-corrected chi connectivity index (χ3v) is 3.73. The van der Waals surface area contributed by atoms with Crippen LogP contribution in [0.15, 0.2) is 23.6 Å². The van der Waals surface area contributed by atoms with Crippen molar-refractivity contribution < 1.29 is 8.42 Å². The molecule has 2 aromatic rings. The topological polar surface area (TPSA) is 102 Å². The molecule has 0 aromatic carbocycles. The third kappa shape index (κ3) is 1.96. The molecule has 1 aliphatic rings. The SMILES string of the molecule is O=S1(=O)C=CC(Nc2ccc3nnnn3n2)C1. The van der Waals surface area contributed by atoms with Crippen molar-refractivity contribution in [2.75, 3.05) is 11.1 Å². The van der Waals surface area contributed by atoms with E-state index in [1.165, 1.54) is 10.0 Å². The number of fused-ring (bicyclic) bond motifs is 1. The largest absolute Gasteiger partial charge is 0.361 e. The van der Waals surface area contributed by atoms with E-state index in [9.17, 15) is 8.42 Å². The highest BCUT2D eigenvalue weighted by Crippen LogP contribution is 2.13. The number of aromatic nitrogens is 5. The fourth-order valence-corrected chi connectivity index (χ4v) is 2.82. The van der Waals surface area contributed by atoms with Gasteiger partial charge in [-0.05, 0) is 28.6 Å². The molecule has 0 fully saturated rings. The van der Waals surface area contributed by atoms with Gasteiger partial charge in [-0.2, -0.15) is 0 Å². The van der Waals surface area contributed by atoms with Crippen LogP contribution in [-0.4, -0.2) is 45.5 Å². The first kappa shape index (κ1) is 10.1. The zero-order valence-corrected chi connectivity index (χ0v) is 9.37. The average Bonchev–Trinajstić information content (AvgIpc) is 2.84. The lowest BCUT2D eigenvalue weighted by Crippen LogP contribution is -2.22. The van der Waals surface area contributed by atoms with Gasteiger partial charge in [-0.1, -0.05) is 0 Å². The summed E-state index contributed by atoms with van der Waals surface area (Å²) in [5.74, 6) is 0.569. The van der Waals surface area contributed by atoms with Gasteiger partial charge in [0.15, 0.2) is 15.5 Å². The summed E-state index contributed by atoms with van der Waals surface area (Å²) < 4.78 is 23.7. The molecule has 0 saturated carbocycles. The quantitative estimate of drug-likeness (QED) is 0.749. The molecule has 0 amide bonds. The molecular formula is C8H8N6O2S. The molecule has 1 unspecified atom stereocenters. The van der Waals surface area contributed by atoms with E-state index < -0.39 is 9.84 Å². The van der Waals surface area contributed by atoms with Gasteiger partial charge in [0.05, 0.1) is 11.8 Å². The van der Waals surface area contributed by atoms with Crippen LogP contribution in [0.4, 0.5) is 5.82 Å². The number of anilines is 1. The Balaban J connectivity index is 1.84. The van der Waals surface area contributed by atoms with E-state index in [0.717, 1.165) is 0 Å². The molecule has 1 atom stereocenters. The maximum Gasteiger partial charge on any atom is 0.200 e. The summed E-state index contributed by atoms with van der Waals surface area (Å²) >= 11 is 0. The maximum atomic E-state index is 11.2. The molecule has 0 aliphatic carbocycles. The van der Waals surface area contributed by atoms with E-state index in [1.807, 2.05) is 0 Å². The van der Waals surface area contributed by atoms with Crippen molar-refractivity contribution in [2.24, 2.45) is 0 Å². The highest BCUT2D eigenvalue weighted by molar-refractivity contribution is 7.94. The van der Waals surface area contributed by atoms with Gasteiger partial charge in [0.1, 0.15) is 5.82 Å². The van der Waals surface area contributed by atoms with Crippen molar-refractivity contribution in [2.45, 2.75) is 6.04 Å². The summed E-state index contributed by atoms with van der Waals surface area (Å²) in [7, 11) is -3.07. The van der Waals surface area contributed by atoms with Crippen molar-refractivity contribution in [1.82, 2.24) is 25.3 Å². The summed E-state index contributed by atoms with van der Waals surface area (Å²) in [4.78, 5) is 0. The van der Waals surface area contributed by atoms with E-state index in [-0.39, 0.29) is 11.8 Å². The zero-order chi connectivity index (χ0) is 11.9. The van der Waals surface area contributed by atoms with Crippen LogP contribution in [0.25, 0.3) is 5.65 Å². The van der Waals surface area contributed by atoms with Gasteiger partial charge in [-0.15, -0.1) is 14.8 Å². The Morgan fingerprint density at radius 1 is 1.41 bits per heavy atom. The van der Waals surface area contributed by atoms with Crippen LogP contribution in [0.3, 0.4) is 0 Å². The summed E-state index contributed by atoms with van der Waals surface area (Å²) in [6.07, 6.45) is 1.60. The Morgan fingerprint density at radius 2 is 2.29 bits per heavy atom. The molecule has 0 radical (unpaired) electrons. The maximum absolute atomic E-state index is 11.2. The molecule has 9 heteroatoms. The molecule has 2 aromatic heterocycles. The van der Waals surface area contributed by atoms with Gasteiger partial charge in [0, 0.05) is 5.41 Å². The van der Waals surface area contributed by atoms with Crippen LogP contribution in [0.5, 0.6) is 0 Å². The monoisotopic (exact) mass is 252 g/mol. The summed E-state index contributed by atoms with van der Waals surface area (Å²) in [6, 6.07) is 3.13. The van der Waals surface area contributed by atoms with E-state index in [1.54, 1.807) is 18.2 Å². The van der Waals surface area contributed by atoms with Crippen LogP contribution in [-0.2, 0) is 9.84 Å². The van der Waals surface area contributed by atoms with Gasteiger partial charge < -0.3 is 5.32 Å². The fraction of sp³-hybridized carbons (Fsp3) is 0.250. The summed E-state index contributed by atoms with van der Waals surface area (Å²) in [5, 5.41) is 19.1. The highest BCUT2D eigenvalue weighted by atomic mass is 32.2. The van der Waals surface area contributed by atoms with Crippen LogP contribution in [0.1, 0.15) is 0 Å². The van der Waals surface area contributed by atoms with Crippen molar-refractivity contribution >= 4 is 21.3 Å². The predicted octanol–water partition coefficient (Wildman–Crippen LogP) is -0.758. The molecule has 3 heterocycles. The molecule has 3 rings (SSSR count). The van der Waals surface area contributed by atoms with E-state index in [0.29, 0.717) is 11.5 Å². The number of nitrogens with zero attached hydrogens (tertiary/aromatic N) is 5. The van der Waals surface area contributed by atoms with Crippen LogP contribution >= 0.6 is 0 Å². The molecule has 8 nitrogen and oxygen atoms in total. The number of sulfone groups is 1. The first-order valence-corrected chi connectivity index (χ1v) is 6.57. The number of nitrogens with one attached hydrogen (secondary N) is 1. The number of rotatable bonds is 2. The van der Waals surface area contributed by atoms with Crippen molar-refractivity contribution in [3.8, 4) is 0 Å². The van der Waals surface area contributed by atoms with Crippen molar-refractivity contribution in [3.63, 3.8) is 0 Å². The second-order valence-corrected chi connectivity index (χ2v) is 5.59. The van der Waals surface area contributed by atoms with Gasteiger partial charge in [-0.25, -0.2) is 8.42 Å². The minimum absolute atomic E-state index is 0.0440.